The fourth-order valence-electron chi connectivity index (χ4n) is 2.32. The van der Waals surface area contributed by atoms with Crippen LogP contribution in [0.5, 0.6) is 0 Å². The molecule has 0 radical (unpaired) electrons. The summed E-state index contributed by atoms with van der Waals surface area (Å²) in [5, 5.41) is 0. The normalized spacial score (nSPS) is 18.4. The van der Waals surface area contributed by atoms with Crippen LogP contribution in [0.15, 0.2) is 29.2 Å². The molecule has 1 heterocycles. The number of nitrogens with one attached hydrogen (secondary N) is 1. The first-order valence-electron chi connectivity index (χ1n) is 6.71. The summed E-state index contributed by atoms with van der Waals surface area (Å²) in [4.78, 5) is 0.690. The van der Waals surface area contributed by atoms with Gasteiger partial charge in [0.25, 0.3) is 0 Å². The molecule has 0 saturated carbocycles. The van der Waals surface area contributed by atoms with E-state index in [4.69, 9.17) is 10.6 Å². The van der Waals surface area contributed by atoms with E-state index in [2.05, 4.69) is 5.43 Å². The van der Waals surface area contributed by atoms with E-state index >= 15 is 0 Å². The molecule has 1 aromatic rings. The summed E-state index contributed by atoms with van der Waals surface area (Å²) >= 11 is 1.52. The topological polar surface area (TPSA) is 47.3 Å². The van der Waals surface area contributed by atoms with Crippen LogP contribution in [0.1, 0.15) is 19.3 Å². The fraction of sp³-hybridized carbons (Fsp3) is 0.571. The molecule has 2 rings (SSSR count). The van der Waals surface area contributed by atoms with Crippen LogP contribution in [-0.2, 0) is 4.74 Å². The van der Waals surface area contributed by atoms with Gasteiger partial charge in [0.2, 0.25) is 0 Å². The third kappa shape index (κ3) is 4.76. The summed E-state index contributed by atoms with van der Waals surface area (Å²) in [7, 11) is 0. The van der Waals surface area contributed by atoms with Crippen molar-refractivity contribution in [3.8, 4) is 0 Å². The van der Waals surface area contributed by atoms with Gasteiger partial charge in [-0.2, -0.15) is 0 Å². The van der Waals surface area contributed by atoms with Crippen LogP contribution in [-0.4, -0.2) is 25.0 Å². The summed E-state index contributed by atoms with van der Waals surface area (Å²) in [5.74, 6) is 6.90. The number of benzene rings is 1. The van der Waals surface area contributed by atoms with E-state index < -0.39 is 0 Å². The quantitative estimate of drug-likeness (QED) is 0.479. The molecule has 0 spiro atoms. The standard InChI is InChI=1S/C14H21FN2OS/c15-13-3-1-2-4-14(13)19-10-12(17-16)9-11-5-7-18-8-6-11/h1-4,11-12,17H,5-10,16H2. The Morgan fingerprint density at radius 2 is 2.11 bits per heavy atom. The second-order valence-corrected chi connectivity index (χ2v) is 5.96. The van der Waals surface area contributed by atoms with Crippen molar-refractivity contribution in [2.45, 2.75) is 30.2 Å². The van der Waals surface area contributed by atoms with Crippen LogP contribution >= 0.6 is 11.8 Å². The predicted octanol–water partition coefficient (Wildman–Crippen LogP) is 2.57. The second-order valence-electron chi connectivity index (χ2n) is 4.90. The van der Waals surface area contributed by atoms with Crippen LogP contribution in [0.25, 0.3) is 0 Å². The highest BCUT2D eigenvalue weighted by molar-refractivity contribution is 7.99. The Morgan fingerprint density at radius 3 is 2.79 bits per heavy atom. The van der Waals surface area contributed by atoms with Crippen molar-refractivity contribution in [1.29, 1.82) is 0 Å². The van der Waals surface area contributed by atoms with Gasteiger partial charge >= 0.3 is 0 Å². The van der Waals surface area contributed by atoms with Crippen molar-refractivity contribution in [2.24, 2.45) is 11.8 Å². The molecule has 19 heavy (non-hydrogen) atoms. The van der Waals surface area contributed by atoms with Gasteiger partial charge in [0.15, 0.2) is 0 Å². The Morgan fingerprint density at radius 1 is 1.37 bits per heavy atom. The van der Waals surface area contributed by atoms with Crippen LogP contribution < -0.4 is 11.3 Å². The molecule has 1 saturated heterocycles. The van der Waals surface area contributed by atoms with Crippen LogP contribution in [0.3, 0.4) is 0 Å². The molecule has 3 nitrogen and oxygen atoms in total. The largest absolute Gasteiger partial charge is 0.381 e. The predicted molar refractivity (Wildman–Crippen MR) is 76.4 cm³/mol. The molecule has 1 fully saturated rings. The highest BCUT2D eigenvalue weighted by Crippen LogP contribution is 2.25. The van der Waals surface area contributed by atoms with Gasteiger partial charge in [-0.15, -0.1) is 11.8 Å². The lowest BCUT2D eigenvalue weighted by Gasteiger charge is -2.26. The molecule has 1 aromatic carbocycles. The minimum absolute atomic E-state index is 0.158. The zero-order valence-corrected chi connectivity index (χ0v) is 11.8. The zero-order valence-electron chi connectivity index (χ0n) is 11.0. The van der Waals surface area contributed by atoms with Gasteiger partial charge in [-0.3, -0.25) is 11.3 Å². The number of hydrazine groups is 1. The number of nitrogens with two attached hydrogens (primary N) is 1. The molecule has 5 heteroatoms. The molecule has 0 bridgehead atoms. The SMILES string of the molecule is NNC(CSc1ccccc1F)CC1CCOCC1. The average Bonchev–Trinajstić information content (AvgIpc) is 2.46. The van der Waals surface area contributed by atoms with Crippen molar-refractivity contribution in [3.05, 3.63) is 30.1 Å². The van der Waals surface area contributed by atoms with E-state index in [1.54, 1.807) is 6.07 Å². The third-order valence-electron chi connectivity index (χ3n) is 3.47. The number of hydrogen-bond acceptors (Lipinski definition) is 4. The highest BCUT2D eigenvalue weighted by atomic mass is 32.2. The minimum atomic E-state index is -0.158. The maximum Gasteiger partial charge on any atom is 0.136 e. The van der Waals surface area contributed by atoms with Gasteiger partial charge in [0.05, 0.1) is 0 Å². The maximum absolute atomic E-state index is 13.5. The van der Waals surface area contributed by atoms with E-state index in [1.165, 1.54) is 17.8 Å². The lowest BCUT2D eigenvalue weighted by molar-refractivity contribution is 0.0613. The third-order valence-corrected chi connectivity index (χ3v) is 4.68. The molecule has 3 N–H and O–H groups in total. The number of rotatable bonds is 6. The summed E-state index contributed by atoms with van der Waals surface area (Å²) in [6, 6.07) is 7.08. The molecule has 1 aliphatic rings. The number of halogens is 1. The van der Waals surface area contributed by atoms with Gasteiger partial charge in [0.1, 0.15) is 5.82 Å². The Hall–Kier alpha value is -0.620. The van der Waals surface area contributed by atoms with Crippen LogP contribution in [0.2, 0.25) is 0 Å². The first-order valence-corrected chi connectivity index (χ1v) is 7.69. The van der Waals surface area contributed by atoms with E-state index in [0.29, 0.717) is 10.8 Å². The first-order chi connectivity index (χ1) is 9.29. The summed E-state index contributed by atoms with van der Waals surface area (Å²) in [6.45, 7) is 1.70. The molecule has 0 aromatic heterocycles. The smallest absolute Gasteiger partial charge is 0.136 e. The Labute approximate surface area is 118 Å². The Balaban J connectivity index is 1.80. The first kappa shape index (κ1) is 14.8. The number of ether oxygens (including phenoxy) is 1. The molecule has 1 unspecified atom stereocenters. The number of hydrogen-bond donors (Lipinski definition) is 2. The van der Waals surface area contributed by atoms with Gasteiger partial charge in [0, 0.05) is 29.9 Å². The van der Waals surface area contributed by atoms with Crippen molar-refractivity contribution in [2.75, 3.05) is 19.0 Å². The molecule has 0 aliphatic carbocycles. The van der Waals surface area contributed by atoms with Crippen molar-refractivity contribution < 1.29 is 9.13 Å². The number of thioether (sulfide) groups is 1. The van der Waals surface area contributed by atoms with Crippen molar-refractivity contribution in [1.82, 2.24) is 5.43 Å². The molecule has 1 aliphatic heterocycles. The van der Waals surface area contributed by atoms with Gasteiger partial charge in [-0.05, 0) is 37.3 Å². The summed E-state index contributed by atoms with van der Waals surface area (Å²) < 4.78 is 18.9. The molecule has 0 amide bonds. The zero-order chi connectivity index (χ0) is 13.5. The lowest BCUT2D eigenvalue weighted by Crippen LogP contribution is -2.39. The van der Waals surface area contributed by atoms with Crippen molar-refractivity contribution >= 4 is 11.8 Å². The fourth-order valence-corrected chi connectivity index (χ4v) is 3.31. The Kier molecular flexibility index (Phi) is 6.10. The van der Waals surface area contributed by atoms with E-state index in [0.717, 1.165) is 38.2 Å². The average molecular weight is 284 g/mol. The van der Waals surface area contributed by atoms with Gasteiger partial charge in [-0.1, -0.05) is 12.1 Å². The maximum atomic E-state index is 13.5. The summed E-state index contributed by atoms with van der Waals surface area (Å²) in [6.07, 6.45) is 3.23. The lowest BCUT2D eigenvalue weighted by atomic mass is 9.93. The highest BCUT2D eigenvalue weighted by Gasteiger charge is 2.19. The second kappa shape index (κ2) is 7.85. The molecule has 1 atom stereocenters. The summed E-state index contributed by atoms with van der Waals surface area (Å²) in [5.41, 5.74) is 2.85. The van der Waals surface area contributed by atoms with Gasteiger partial charge in [-0.25, -0.2) is 4.39 Å². The van der Waals surface area contributed by atoms with Crippen molar-refractivity contribution in [3.63, 3.8) is 0 Å². The molecular weight excluding hydrogens is 263 g/mol. The van der Waals surface area contributed by atoms with Crippen LogP contribution in [0, 0.1) is 11.7 Å². The molecule has 106 valence electrons. The monoisotopic (exact) mass is 284 g/mol. The minimum Gasteiger partial charge on any atom is -0.381 e. The van der Waals surface area contributed by atoms with Gasteiger partial charge < -0.3 is 4.74 Å². The van der Waals surface area contributed by atoms with Crippen LogP contribution in [0.4, 0.5) is 4.39 Å². The van der Waals surface area contributed by atoms with E-state index in [-0.39, 0.29) is 11.9 Å². The molecular formula is C14H21FN2OS. The van der Waals surface area contributed by atoms with E-state index in [1.807, 2.05) is 12.1 Å². The van der Waals surface area contributed by atoms with E-state index in [9.17, 15) is 4.39 Å². The Bertz CT molecular complexity index is 385.